The van der Waals surface area contributed by atoms with Crippen molar-refractivity contribution in [1.29, 1.82) is 0 Å². The molecule has 1 fully saturated rings. The van der Waals surface area contributed by atoms with Gasteiger partial charge in [0.15, 0.2) is 6.10 Å². The van der Waals surface area contributed by atoms with Gasteiger partial charge < -0.3 is 34.3 Å². The molecule has 3 atom stereocenters. The zero-order valence-electron chi connectivity index (χ0n) is 23.6. The van der Waals surface area contributed by atoms with Gasteiger partial charge in [0.1, 0.15) is 19.8 Å². The molecule has 2 N–H and O–H groups in total. The van der Waals surface area contributed by atoms with Gasteiger partial charge in [0.2, 0.25) is 0 Å². The number of carbonyl (C=O) groups is 4. The van der Waals surface area contributed by atoms with Crippen molar-refractivity contribution in [2.24, 2.45) is 10.8 Å². The van der Waals surface area contributed by atoms with Crippen molar-refractivity contribution in [3.63, 3.8) is 0 Å². The molecular weight excluding hydrogens is 528 g/mol. The van der Waals surface area contributed by atoms with E-state index < -0.39 is 30.2 Å². The Labute approximate surface area is 235 Å². The number of rotatable bonds is 17. The third-order valence-electron chi connectivity index (χ3n) is 5.94. The minimum atomic E-state index is -0.751. The molecule has 222 valence electrons. The van der Waals surface area contributed by atoms with Crippen molar-refractivity contribution < 1.29 is 42.9 Å². The zero-order valence-corrected chi connectivity index (χ0v) is 24.4. The molecule has 11 nitrogen and oxygen atoms in total. The summed E-state index contributed by atoms with van der Waals surface area (Å²) in [6.45, 7) is 13.6. The second-order valence-corrected chi connectivity index (χ2v) is 11.5. The largest absolute Gasteiger partial charge is 0.459 e. The van der Waals surface area contributed by atoms with Gasteiger partial charge in [-0.15, -0.1) is 0 Å². The SMILES string of the molecule is C=CC(=O)OCCOC(=O)NCC1(C)CC(NC(=O)OCC(COCCCSC)OC(=O)C=C)CC(C)(C)C1. The Morgan fingerprint density at radius 3 is 2.31 bits per heavy atom. The monoisotopic (exact) mass is 572 g/mol. The lowest BCUT2D eigenvalue weighted by atomic mass is 9.62. The van der Waals surface area contributed by atoms with Crippen LogP contribution in [0.25, 0.3) is 0 Å². The molecule has 0 radical (unpaired) electrons. The van der Waals surface area contributed by atoms with Crippen molar-refractivity contribution in [2.75, 3.05) is 51.6 Å². The van der Waals surface area contributed by atoms with Gasteiger partial charge in [0.05, 0.1) is 6.61 Å². The van der Waals surface area contributed by atoms with Crippen molar-refractivity contribution in [1.82, 2.24) is 10.6 Å². The number of esters is 2. The third kappa shape index (κ3) is 15.4. The highest BCUT2D eigenvalue weighted by molar-refractivity contribution is 7.98. The van der Waals surface area contributed by atoms with E-state index in [2.05, 4.69) is 37.6 Å². The van der Waals surface area contributed by atoms with Crippen LogP contribution in [0.15, 0.2) is 25.3 Å². The van der Waals surface area contributed by atoms with Crippen LogP contribution in [-0.2, 0) is 33.3 Å². The van der Waals surface area contributed by atoms with Gasteiger partial charge in [-0.3, -0.25) is 0 Å². The number of amides is 2. The van der Waals surface area contributed by atoms with Crippen LogP contribution in [-0.4, -0.2) is 87.9 Å². The third-order valence-corrected chi connectivity index (χ3v) is 6.64. The van der Waals surface area contributed by atoms with Gasteiger partial charge >= 0.3 is 24.1 Å². The number of hydrogen-bond acceptors (Lipinski definition) is 10. The first kappa shape index (κ1) is 34.3. The molecule has 0 aliphatic heterocycles. The average Bonchev–Trinajstić information content (AvgIpc) is 2.86. The molecule has 1 aliphatic carbocycles. The fourth-order valence-corrected chi connectivity index (χ4v) is 5.17. The Morgan fingerprint density at radius 2 is 1.64 bits per heavy atom. The van der Waals surface area contributed by atoms with Crippen LogP contribution in [0.1, 0.15) is 46.5 Å². The maximum atomic E-state index is 12.6. The fourth-order valence-electron chi connectivity index (χ4n) is 4.77. The van der Waals surface area contributed by atoms with E-state index in [0.29, 0.717) is 19.6 Å². The van der Waals surface area contributed by atoms with Crippen molar-refractivity contribution in [3.8, 4) is 0 Å². The second kappa shape index (κ2) is 17.8. The minimum Gasteiger partial charge on any atom is -0.459 e. The van der Waals surface area contributed by atoms with Crippen LogP contribution < -0.4 is 10.6 Å². The molecule has 12 heteroatoms. The summed E-state index contributed by atoms with van der Waals surface area (Å²) in [7, 11) is 0. The van der Waals surface area contributed by atoms with E-state index in [1.807, 2.05) is 13.2 Å². The molecule has 0 aromatic heterocycles. The van der Waals surface area contributed by atoms with Crippen LogP contribution in [0.4, 0.5) is 9.59 Å². The first-order valence-corrected chi connectivity index (χ1v) is 14.3. The highest BCUT2D eigenvalue weighted by Crippen LogP contribution is 2.45. The quantitative estimate of drug-likeness (QED) is 0.115. The van der Waals surface area contributed by atoms with Gasteiger partial charge in [0, 0.05) is 31.3 Å². The van der Waals surface area contributed by atoms with E-state index >= 15 is 0 Å². The Balaban J connectivity index is 2.57. The molecule has 1 aliphatic rings. The molecule has 39 heavy (non-hydrogen) atoms. The van der Waals surface area contributed by atoms with Gasteiger partial charge in [-0.2, -0.15) is 11.8 Å². The number of carbonyl (C=O) groups excluding carboxylic acids is 4. The molecule has 2 amide bonds. The summed E-state index contributed by atoms with van der Waals surface area (Å²) in [6, 6.07) is -0.195. The number of nitrogens with one attached hydrogen (secondary N) is 2. The Hall–Kier alpha value is -2.73. The summed E-state index contributed by atoms with van der Waals surface area (Å²) >= 11 is 1.71. The number of ether oxygens (including phenoxy) is 5. The summed E-state index contributed by atoms with van der Waals surface area (Å²) in [5.41, 5.74) is -0.428. The topological polar surface area (TPSA) is 138 Å². The lowest BCUT2D eigenvalue weighted by Gasteiger charge is -2.46. The molecule has 0 bridgehead atoms. The fraction of sp³-hybridized carbons (Fsp3) is 0.704. The smallest absolute Gasteiger partial charge is 0.407 e. The molecule has 0 spiro atoms. The lowest BCUT2D eigenvalue weighted by Crippen LogP contribution is -2.50. The summed E-state index contributed by atoms with van der Waals surface area (Å²) < 4.78 is 26.0. The van der Waals surface area contributed by atoms with E-state index in [0.717, 1.165) is 37.2 Å². The maximum Gasteiger partial charge on any atom is 0.407 e. The van der Waals surface area contributed by atoms with Crippen molar-refractivity contribution in [2.45, 2.75) is 58.6 Å². The van der Waals surface area contributed by atoms with Gasteiger partial charge in [-0.05, 0) is 48.5 Å². The van der Waals surface area contributed by atoms with Crippen molar-refractivity contribution in [3.05, 3.63) is 25.3 Å². The van der Waals surface area contributed by atoms with E-state index in [4.69, 9.17) is 23.7 Å². The van der Waals surface area contributed by atoms with Gasteiger partial charge in [0.25, 0.3) is 0 Å². The molecule has 1 saturated carbocycles. The van der Waals surface area contributed by atoms with Crippen LogP contribution in [0.3, 0.4) is 0 Å². The molecule has 0 aromatic carbocycles. The van der Waals surface area contributed by atoms with E-state index in [1.54, 1.807) is 11.8 Å². The van der Waals surface area contributed by atoms with Crippen LogP contribution >= 0.6 is 11.8 Å². The van der Waals surface area contributed by atoms with Gasteiger partial charge in [-0.1, -0.05) is 33.9 Å². The first-order valence-electron chi connectivity index (χ1n) is 12.9. The number of alkyl carbamates (subject to hydrolysis) is 2. The van der Waals surface area contributed by atoms with Crippen LogP contribution in [0, 0.1) is 10.8 Å². The van der Waals surface area contributed by atoms with Crippen LogP contribution in [0.5, 0.6) is 0 Å². The average molecular weight is 573 g/mol. The van der Waals surface area contributed by atoms with Gasteiger partial charge in [-0.25, -0.2) is 19.2 Å². The zero-order chi connectivity index (χ0) is 29.3. The molecule has 1 rings (SSSR count). The second-order valence-electron chi connectivity index (χ2n) is 10.5. The summed E-state index contributed by atoms with van der Waals surface area (Å²) in [4.78, 5) is 47.4. The lowest BCUT2D eigenvalue weighted by molar-refractivity contribution is -0.148. The first-order chi connectivity index (χ1) is 18.4. The predicted octanol–water partition coefficient (Wildman–Crippen LogP) is 3.62. The normalized spacial score (nSPS) is 20.6. The highest BCUT2D eigenvalue weighted by atomic mass is 32.2. The van der Waals surface area contributed by atoms with E-state index in [1.165, 1.54) is 0 Å². The molecule has 0 saturated heterocycles. The van der Waals surface area contributed by atoms with Crippen LogP contribution in [0.2, 0.25) is 0 Å². The summed E-state index contributed by atoms with van der Waals surface area (Å²) in [5.74, 6) is -0.252. The van der Waals surface area contributed by atoms with E-state index in [-0.39, 0.29) is 43.3 Å². The molecule has 0 aromatic rings. The minimum absolute atomic E-state index is 0.0610. The number of hydrogen-bond donors (Lipinski definition) is 2. The molecule has 0 heterocycles. The van der Waals surface area contributed by atoms with Crippen molar-refractivity contribution >= 4 is 35.9 Å². The summed E-state index contributed by atoms with van der Waals surface area (Å²) in [6.07, 6.45) is 5.11. The summed E-state index contributed by atoms with van der Waals surface area (Å²) in [5, 5.41) is 5.68. The maximum absolute atomic E-state index is 12.6. The van der Waals surface area contributed by atoms with E-state index in [9.17, 15) is 19.2 Å². The molecule has 3 unspecified atom stereocenters. The predicted molar refractivity (Wildman–Crippen MR) is 148 cm³/mol. The standard InChI is InChI=1S/C27H44N2O9S/c1-7-22(30)35-11-12-36-24(32)28-19-27(5)15-20(14-26(3,4)18-27)29-25(33)37-17-21(38-23(31)8-2)16-34-10-9-13-39-6/h7-8,20-21H,1-2,9-19H2,3-6H3,(H,28,32)(H,29,33). The Bertz CT molecular complexity index is 836. The molecular formula is C27H44N2O9S. The highest BCUT2D eigenvalue weighted by Gasteiger charge is 2.42. The Kier molecular flexibility index (Phi) is 15.6. The Morgan fingerprint density at radius 1 is 0.949 bits per heavy atom. The number of thioether (sulfide) groups is 1.